The SMILES string of the molecule is CC1(C)CCC(C#N)(CC2CCCC2)C1=O. The lowest BCUT2D eigenvalue weighted by molar-refractivity contribution is -0.130. The maximum Gasteiger partial charge on any atom is 0.158 e. The van der Waals surface area contributed by atoms with Crippen molar-refractivity contribution in [2.24, 2.45) is 16.7 Å². The molecule has 0 bridgehead atoms. The third kappa shape index (κ3) is 1.77. The Morgan fingerprint density at radius 2 is 1.94 bits per heavy atom. The minimum atomic E-state index is -0.640. The second kappa shape index (κ2) is 3.87. The van der Waals surface area contributed by atoms with E-state index in [1.807, 2.05) is 13.8 Å². The van der Waals surface area contributed by atoms with Gasteiger partial charge >= 0.3 is 0 Å². The van der Waals surface area contributed by atoms with E-state index in [-0.39, 0.29) is 11.2 Å². The maximum absolute atomic E-state index is 12.3. The molecule has 2 saturated carbocycles. The van der Waals surface area contributed by atoms with Gasteiger partial charge in [0.2, 0.25) is 0 Å². The topological polar surface area (TPSA) is 40.9 Å². The van der Waals surface area contributed by atoms with Crippen LogP contribution in [0, 0.1) is 28.1 Å². The van der Waals surface area contributed by atoms with Crippen LogP contribution in [0.25, 0.3) is 0 Å². The van der Waals surface area contributed by atoms with Crippen LogP contribution in [-0.2, 0) is 4.79 Å². The van der Waals surface area contributed by atoms with Gasteiger partial charge in [-0.1, -0.05) is 39.5 Å². The van der Waals surface area contributed by atoms with E-state index in [9.17, 15) is 10.1 Å². The minimum Gasteiger partial charge on any atom is -0.297 e. The highest BCUT2D eigenvalue weighted by molar-refractivity contribution is 5.94. The molecule has 1 unspecified atom stereocenters. The molecule has 0 radical (unpaired) electrons. The van der Waals surface area contributed by atoms with E-state index in [1.54, 1.807) is 0 Å². The molecule has 0 spiro atoms. The Kier molecular flexibility index (Phi) is 2.82. The highest BCUT2D eigenvalue weighted by Gasteiger charge is 2.53. The van der Waals surface area contributed by atoms with Crippen molar-refractivity contribution in [1.82, 2.24) is 0 Å². The first-order valence-electron chi connectivity index (χ1n) is 6.46. The van der Waals surface area contributed by atoms with Gasteiger partial charge in [0.05, 0.1) is 6.07 Å². The number of carbonyl (C=O) groups is 1. The first kappa shape index (κ1) is 11.6. The molecule has 16 heavy (non-hydrogen) atoms. The van der Waals surface area contributed by atoms with Gasteiger partial charge in [-0.05, 0) is 25.2 Å². The first-order valence-corrected chi connectivity index (χ1v) is 6.46. The lowest BCUT2D eigenvalue weighted by Crippen LogP contribution is -2.32. The van der Waals surface area contributed by atoms with Crippen molar-refractivity contribution in [2.45, 2.75) is 58.8 Å². The zero-order chi connectivity index (χ0) is 11.8. The third-order valence-electron chi connectivity index (χ3n) is 4.55. The summed E-state index contributed by atoms with van der Waals surface area (Å²) in [5.74, 6) is 0.826. The molecule has 0 amide bonds. The van der Waals surface area contributed by atoms with Crippen LogP contribution >= 0.6 is 0 Å². The fraction of sp³-hybridized carbons (Fsp3) is 0.857. The summed E-state index contributed by atoms with van der Waals surface area (Å²) >= 11 is 0. The van der Waals surface area contributed by atoms with Crippen LogP contribution in [0.3, 0.4) is 0 Å². The molecular formula is C14H21NO. The van der Waals surface area contributed by atoms with Crippen LogP contribution in [0.15, 0.2) is 0 Å². The predicted molar refractivity (Wildman–Crippen MR) is 62.6 cm³/mol. The number of carbonyl (C=O) groups excluding carboxylic acids is 1. The quantitative estimate of drug-likeness (QED) is 0.713. The Balaban J connectivity index is 2.15. The molecule has 2 nitrogen and oxygen atoms in total. The number of rotatable bonds is 2. The Labute approximate surface area is 98.0 Å². The fourth-order valence-corrected chi connectivity index (χ4v) is 3.46. The number of hydrogen-bond acceptors (Lipinski definition) is 2. The van der Waals surface area contributed by atoms with Crippen LogP contribution in [0.4, 0.5) is 0 Å². The normalized spacial score (nSPS) is 34.2. The van der Waals surface area contributed by atoms with Gasteiger partial charge in [0.15, 0.2) is 5.78 Å². The van der Waals surface area contributed by atoms with Crippen molar-refractivity contribution in [3.05, 3.63) is 0 Å². The van der Waals surface area contributed by atoms with Crippen molar-refractivity contribution in [2.75, 3.05) is 0 Å². The number of hydrogen-bond donors (Lipinski definition) is 0. The molecule has 2 aliphatic carbocycles. The molecular weight excluding hydrogens is 198 g/mol. The average Bonchev–Trinajstić information content (AvgIpc) is 2.82. The van der Waals surface area contributed by atoms with Crippen LogP contribution in [0.2, 0.25) is 0 Å². The van der Waals surface area contributed by atoms with Gasteiger partial charge in [-0.25, -0.2) is 0 Å². The molecule has 2 rings (SSSR count). The molecule has 0 N–H and O–H groups in total. The molecule has 0 aromatic carbocycles. The van der Waals surface area contributed by atoms with E-state index in [0.717, 1.165) is 19.3 Å². The fourth-order valence-electron chi connectivity index (χ4n) is 3.46. The number of nitrogens with zero attached hydrogens (tertiary/aromatic N) is 1. The van der Waals surface area contributed by atoms with E-state index in [0.29, 0.717) is 5.92 Å². The summed E-state index contributed by atoms with van der Waals surface area (Å²) in [4.78, 5) is 12.3. The number of ketones is 1. The van der Waals surface area contributed by atoms with Gasteiger partial charge < -0.3 is 0 Å². The largest absolute Gasteiger partial charge is 0.297 e. The molecule has 0 aliphatic heterocycles. The molecule has 2 heteroatoms. The molecule has 88 valence electrons. The van der Waals surface area contributed by atoms with Crippen LogP contribution in [0.1, 0.15) is 58.8 Å². The highest BCUT2D eigenvalue weighted by Crippen LogP contribution is 2.50. The molecule has 2 fully saturated rings. The zero-order valence-corrected chi connectivity index (χ0v) is 10.4. The van der Waals surface area contributed by atoms with Gasteiger partial charge in [-0.3, -0.25) is 4.79 Å². The molecule has 1 atom stereocenters. The lowest BCUT2D eigenvalue weighted by Gasteiger charge is -2.25. The number of Topliss-reactive ketones (excluding diaryl/α,β-unsaturated/α-hetero) is 1. The van der Waals surface area contributed by atoms with E-state index >= 15 is 0 Å². The predicted octanol–water partition coefficient (Wildman–Crippen LogP) is 3.47. The molecule has 0 saturated heterocycles. The summed E-state index contributed by atoms with van der Waals surface area (Å²) in [6, 6.07) is 2.36. The summed E-state index contributed by atoms with van der Waals surface area (Å²) in [7, 11) is 0. The summed E-state index contributed by atoms with van der Waals surface area (Å²) in [6.07, 6.45) is 7.49. The monoisotopic (exact) mass is 219 g/mol. The summed E-state index contributed by atoms with van der Waals surface area (Å²) in [6.45, 7) is 3.98. The minimum absolute atomic E-state index is 0.203. The third-order valence-corrected chi connectivity index (χ3v) is 4.55. The zero-order valence-electron chi connectivity index (χ0n) is 10.4. The van der Waals surface area contributed by atoms with Crippen molar-refractivity contribution in [3.63, 3.8) is 0 Å². The van der Waals surface area contributed by atoms with Crippen LogP contribution in [-0.4, -0.2) is 5.78 Å². The van der Waals surface area contributed by atoms with Gasteiger partial charge in [-0.2, -0.15) is 5.26 Å². The van der Waals surface area contributed by atoms with Crippen molar-refractivity contribution in [1.29, 1.82) is 5.26 Å². The number of nitriles is 1. The second-order valence-electron chi connectivity index (χ2n) is 6.26. The maximum atomic E-state index is 12.3. The van der Waals surface area contributed by atoms with E-state index in [4.69, 9.17) is 0 Å². The molecule has 0 heterocycles. The first-order chi connectivity index (χ1) is 7.50. The summed E-state index contributed by atoms with van der Waals surface area (Å²) < 4.78 is 0. The average molecular weight is 219 g/mol. The standard InChI is InChI=1S/C14H21NO/c1-13(2)7-8-14(10-15,12(13)16)9-11-5-3-4-6-11/h11H,3-9H2,1-2H3. The van der Waals surface area contributed by atoms with Crippen LogP contribution < -0.4 is 0 Å². The molecule has 2 aliphatic rings. The van der Waals surface area contributed by atoms with Gasteiger partial charge in [-0.15, -0.1) is 0 Å². The second-order valence-corrected chi connectivity index (χ2v) is 6.26. The van der Waals surface area contributed by atoms with Gasteiger partial charge in [0, 0.05) is 5.41 Å². The van der Waals surface area contributed by atoms with Crippen molar-refractivity contribution in [3.8, 4) is 6.07 Å². The van der Waals surface area contributed by atoms with Crippen molar-refractivity contribution >= 4 is 5.78 Å². The van der Waals surface area contributed by atoms with Gasteiger partial charge in [0.25, 0.3) is 0 Å². The van der Waals surface area contributed by atoms with Crippen LogP contribution in [0.5, 0.6) is 0 Å². The Morgan fingerprint density at radius 1 is 1.31 bits per heavy atom. The summed E-state index contributed by atoms with van der Waals surface area (Å²) in [5, 5.41) is 9.41. The van der Waals surface area contributed by atoms with Crippen molar-refractivity contribution < 1.29 is 4.79 Å². The Bertz CT molecular complexity index is 333. The molecule has 0 aromatic heterocycles. The van der Waals surface area contributed by atoms with E-state index in [1.165, 1.54) is 25.7 Å². The molecule has 0 aromatic rings. The van der Waals surface area contributed by atoms with E-state index in [2.05, 4.69) is 6.07 Å². The smallest absolute Gasteiger partial charge is 0.158 e. The lowest BCUT2D eigenvalue weighted by atomic mass is 9.75. The summed E-state index contributed by atoms with van der Waals surface area (Å²) in [5.41, 5.74) is -0.910. The Morgan fingerprint density at radius 3 is 2.38 bits per heavy atom. The van der Waals surface area contributed by atoms with Gasteiger partial charge in [0.1, 0.15) is 5.41 Å². The highest BCUT2D eigenvalue weighted by atomic mass is 16.1. The van der Waals surface area contributed by atoms with E-state index < -0.39 is 5.41 Å². The Hall–Kier alpha value is -0.840.